The molecule has 6 nitrogen and oxygen atoms in total. The summed E-state index contributed by atoms with van der Waals surface area (Å²) in [6, 6.07) is 14.9. The monoisotopic (exact) mass is 332 g/mol. The number of hydrogen-bond acceptors (Lipinski definition) is 3. The molecule has 2 amide bonds. The Morgan fingerprint density at radius 3 is 2.92 bits per heavy atom. The predicted octanol–water partition coefficient (Wildman–Crippen LogP) is 2.94. The van der Waals surface area contributed by atoms with Gasteiger partial charge in [0.2, 0.25) is 11.8 Å². The molecule has 1 aromatic heterocycles. The number of nitrogens with one attached hydrogen (secondary N) is 2. The third-order valence-electron chi connectivity index (χ3n) is 4.23. The van der Waals surface area contributed by atoms with Crippen molar-refractivity contribution in [1.82, 2.24) is 9.55 Å². The molecule has 0 fully saturated rings. The minimum Gasteiger partial charge on any atom is -0.326 e. The van der Waals surface area contributed by atoms with E-state index in [-0.39, 0.29) is 18.2 Å². The first-order valence-corrected chi connectivity index (χ1v) is 7.99. The molecule has 2 N–H and O–H groups in total. The second kappa shape index (κ2) is 6.24. The Hall–Kier alpha value is -3.41. The van der Waals surface area contributed by atoms with E-state index in [0.717, 1.165) is 11.3 Å². The van der Waals surface area contributed by atoms with Crippen molar-refractivity contribution in [2.24, 2.45) is 0 Å². The largest absolute Gasteiger partial charge is 0.326 e. The van der Waals surface area contributed by atoms with Crippen LogP contribution in [0.5, 0.6) is 0 Å². The maximum atomic E-state index is 12.8. The topological polar surface area (TPSA) is 76.0 Å². The van der Waals surface area contributed by atoms with Gasteiger partial charge in [0, 0.05) is 35.9 Å². The summed E-state index contributed by atoms with van der Waals surface area (Å²) < 4.78 is 1.86. The van der Waals surface area contributed by atoms with Crippen LogP contribution in [0.4, 0.5) is 11.4 Å². The number of anilines is 2. The highest BCUT2D eigenvalue weighted by molar-refractivity contribution is 6.05. The molecule has 0 unspecified atom stereocenters. The first-order valence-electron chi connectivity index (χ1n) is 7.99. The van der Waals surface area contributed by atoms with Crippen LogP contribution >= 0.6 is 0 Å². The number of amides is 2. The Labute approximate surface area is 144 Å². The van der Waals surface area contributed by atoms with Crippen LogP contribution in [0.25, 0.3) is 5.69 Å². The van der Waals surface area contributed by atoms with Gasteiger partial charge in [-0.15, -0.1) is 0 Å². The molecule has 4 rings (SSSR count). The van der Waals surface area contributed by atoms with Gasteiger partial charge in [0.1, 0.15) is 0 Å². The molecule has 25 heavy (non-hydrogen) atoms. The highest BCUT2D eigenvalue weighted by Crippen LogP contribution is 2.32. The fourth-order valence-electron chi connectivity index (χ4n) is 3.03. The number of rotatable bonds is 3. The summed E-state index contributed by atoms with van der Waals surface area (Å²) in [7, 11) is 0. The Bertz CT molecular complexity index is 934. The normalized spacial score (nSPS) is 16.0. The summed E-state index contributed by atoms with van der Waals surface area (Å²) in [5.74, 6) is -0.835. The molecule has 6 heteroatoms. The van der Waals surface area contributed by atoms with Gasteiger partial charge in [-0.3, -0.25) is 9.59 Å². The van der Waals surface area contributed by atoms with Crippen LogP contribution in [0.2, 0.25) is 0 Å². The fraction of sp³-hybridized carbons (Fsp3) is 0.105. The molecule has 0 aliphatic carbocycles. The van der Waals surface area contributed by atoms with Gasteiger partial charge in [0.15, 0.2) is 0 Å². The van der Waals surface area contributed by atoms with Crippen molar-refractivity contribution >= 4 is 23.2 Å². The smallest absolute Gasteiger partial charge is 0.232 e. The van der Waals surface area contributed by atoms with E-state index in [1.807, 2.05) is 59.3 Å². The first-order chi connectivity index (χ1) is 12.2. The zero-order valence-corrected chi connectivity index (χ0v) is 13.3. The molecule has 0 saturated carbocycles. The lowest BCUT2D eigenvalue weighted by molar-refractivity contribution is -0.123. The van der Waals surface area contributed by atoms with Gasteiger partial charge in [0.25, 0.3) is 0 Å². The lowest BCUT2D eigenvalue weighted by Gasteiger charge is -2.24. The van der Waals surface area contributed by atoms with Crippen molar-refractivity contribution in [2.45, 2.75) is 12.3 Å². The van der Waals surface area contributed by atoms with Crippen molar-refractivity contribution in [1.29, 1.82) is 0 Å². The SMILES string of the molecule is O=C1C[C@H](C(=O)Nc2cccc(-n3ccnc3)c2)c2ccccc2N1. The second-order valence-electron chi connectivity index (χ2n) is 5.90. The summed E-state index contributed by atoms with van der Waals surface area (Å²) >= 11 is 0. The highest BCUT2D eigenvalue weighted by Gasteiger charge is 2.30. The molecular formula is C19H16N4O2. The van der Waals surface area contributed by atoms with Gasteiger partial charge in [-0.2, -0.15) is 0 Å². The number of aromatic nitrogens is 2. The zero-order valence-electron chi connectivity index (χ0n) is 13.3. The summed E-state index contributed by atoms with van der Waals surface area (Å²) in [6.07, 6.45) is 5.37. The Balaban J connectivity index is 1.59. The Morgan fingerprint density at radius 1 is 1.20 bits per heavy atom. The third kappa shape index (κ3) is 3.01. The standard InChI is InChI=1S/C19H16N4O2/c24-18-11-16(15-6-1-2-7-17(15)22-18)19(25)21-13-4-3-5-14(10-13)23-9-8-20-12-23/h1-10,12,16H,11H2,(H,21,25)(H,22,24)/t16-/m0/s1. The van der Waals surface area contributed by atoms with Gasteiger partial charge < -0.3 is 15.2 Å². The van der Waals surface area contributed by atoms with Gasteiger partial charge >= 0.3 is 0 Å². The number of para-hydroxylation sites is 1. The van der Waals surface area contributed by atoms with Gasteiger partial charge in [0.05, 0.1) is 12.2 Å². The van der Waals surface area contributed by atoms with Gasteiger partial charge in [-0.1, -0.05) is 24.3 Å². The van der Waals surface area contributed by atoms with E-state index in [1.54, 1.807) is 12.5 Å². The number of fused-ring (bicyclic) bond motifs is 1. The molecule has 2 heterocycles. The molecule has 1 aliphatic heterocycles. The number of hydrogen-bond donors (Lipinski definition) is 2. The van der Waals surface area contributed by atoms with Gasteiger partial charge in [-0.05, 0) is 29.8 Å². The number of carbonyl (C=O) groups excluding carboxylic acids is 2. The molecule has 3 aromatic rings. The first kappa shape index (κ1) is 15.1. The lowest BCUT2D eigenvalue weighted by atomic mass is 9.90. The summed E-state index contributed by atoms with van der Waals surface area (Å²) in [5, 5.41) is 5.73. The molecule has 0 saturated heterocycles. The average Bonchev–Trinajstić information content (AvgIpc) is 3.16. The van der Waals surface area contributed by atoms with E-state index >= 15 is 0 Å². The van der Waals surface area contributed by atoms with Crippen molar-refractivity contribution in [3.8, 4) is 5.69 Å². The van der Waals surface area contributed by atoms with Crippen molar-refractivity contribution in [2.75, 3.05) is 10.6 Å². The van der Waals surface area contributed by atoms with E-state index < -0.39 is 5.92 Å². The van der Waals surface area contributed by atoms with Crippen LogP contribution in [0.1, 0.15) is 17.9 Å². The van der Waals surface area contributed by atoms with Crippen LogP contribution in [-0.4, -0.2) is 21.4 Å². The number of benzene rings is 2. The van der Waals surface area contributed by atoms with Crippen LogP contribution in [0.15, 0.2) is 67.3 Å². The van der Waals surface area contributed by atoms with Gasteiger partial charge in [-0.25, -0.2) is 4.98 Å². The third-order valence-corrected chi connectivity index (χ3v) is 4.23. The molecule has 0 spiro atoms. The lowest BCUT2D eigenvalue weighted by Crippen LogP contribution is -2.30. The molecule has 124 valence electrons. The van der Waals surface area contributed by atoms with E-state index in [4.69, 9.17) is 0 Å². The van der Waals surface area contributed by atoms with E-state index in [1.165, 1.54) is 0 Å². The minimum atomic E-state index is -0.498. The highest BCUT2D eigenvalue weighted by atomic mass is 16.2. The van der Waals surface area contributed by atoms with Crippen LogP contribution in [0, 0.1) is 0 Å². The molecular weight excluding hydrogens is 316 g/mol. The van der Waals surface area contributed by atoms with Crippen molar-refractivity contribution in [3.63, 3.8) is 0 Å². The number of imidazole rings is 1. The predicted molar refractivity (Wildman–Crippen MR) is 94.6 cm³/mol. The summed E-state index contributed by atoms with van der Waals surface area (Å²) in [4.78, 5) is 28.7. The summed E-state index contributed by atoms with van der Waals surface area (Å²) in [6.45, 7) is 0. The average molecular weight is 332 g/mol. The minimum absolute atomic E-state index is 0.143. The Kier molecular flexibility index (Phi) is 3.78. The Morgan fingerprint density at radius 2 is 2.08 bits per heavy atom. The fourth-order valence-corrected chi connectivity index (χ4v) is 3.03. The molecule has 1 atom stereocenters. The maximum absolute atomic E-state index is 12.8. The van der Waals surface area contributed by atoms with Crippen LogP contribution in [0.3, 0.4) is 0 Å². The van der Waals surface area contributed by atoms with Crippen LogP contribution in [-0.2, 0) is 9.59 Å². The van der Waals surface area contributed by atoms with E-state index in [0.29, 0.717) is 11.4 Å². The van der Waals surface area contributed by atoms with E-state index in [9.17, 15) is 9.59 Å². The van der Waals surface area contributed by atoms with Crippen LogP contribution < -0.4 is 10.6 Å². The quantitative estimate of drug-likeness (QED) is 0.774. The van der Waals surface area contributed by atoms with E-state index in [2.05, 4.69) is 15.6 Å². The molecule has 2 aromatic carbocycles. The molecule has 1 aliphatic rings. The maximum Gasteiger partial charge on any atom is 0.232 e. The van der Waals surface area contributed by atoms with Crippen molar-refractivity contribution in [3.05, 3.63) is 72.8 Å². The number of carbonyl (C=O) groups is 2. The molecule has 0 bridgehead atoms. The number of nitrogens with zero attached hydrogens (tertiary/aromatic N) is 2. The zero-order chi connectivity index (χ0) is 17.2. The summed E-state index contributed by atoms with van der Waals surface area (Å²) in [5.41, 5.74) is 3.12. The second-order valence-corrected chi connectivity index (χ2v) is 5.90. The van der Waals surface area contributed by atoms with Crippen molar-refractivity contribution < 1.29 is 9.59 Å². The molecule has 0 radical (unpaired) electrons.